The van der Waals surface area contributed by atoms with Crippen LogP contribution < -0.4 is 10.0 Å². The van der Waals surface area contributed by atoms with Gasteiger partial charge < -0.3 is 30.1 Å². The van der Waals surface area contributed by atoms with Gasteiger partial charge in [0.25, 0.3) is 0 Å². The first-order valence-electron chi connectivity index (χ1n) is 8.73. The minimum atomic E-state index is -4.05. The van der Waals surface area contributed by atoms with Crippen LogP contribution in [0.1, 0.15) is 12.5 Å². The third-order valence-electron chi connectivity index (χ3n) is 4.26. The molecule has 1 fully saturated rings. The lowest BCUT2D eigenvalue weighted by Gasteiger charge is -2.42. The normalized spacial score (nSPS) is 28.1. The van der Waals surface area contributed by atoms with Crippen molar-refractivity contribution in [2.45, 2.75) is 49.4 Å². The number of rotatable bonds is 8. The minimum Gasteiger partial charge on any atom is -0.394 e. The summed E-state index contributed by atoms with van der Waals surface area (Å²) in [6.45, 7) is 2.65. The number of hydrogen-bond donors (Lipinski definition) is 5. The topological polar surface area (TPSA) is 154 Å². The second kappa shape index (κ2) is 9.74. The molecule has 0 aromatic heterocycles. The first-order valence-corrected chi connectivity index (χ1v) is 10.2. The molecule has 11 heteroatoms. The SMILES string of the molecule is CC(=O)NCCO[C@@H]1O[C@H](CO)[C@@H](O)[C@H](O)[C@H]1NS(=O)(=O)c1ccc(C)cc1. The largest absolute Gasteiger partial charge is 0.394 e. The third kappa shape index (κ3) is 5.70. The zero-order valence-corrected chi connectivity index (χ0v) is 16.4. The molecule has 0 aliphatic carbocycles. The fourth-order valence-electron chi connectivity index (χ4n) is 2.72. The molecule has 1 saturated heterocycles. The highest BCUT2D eigenvalue weighted by atomic mass is 32.2. The van der Waals surface area contributed by atoms with Crippen molar-refractivity contribution in [2.24, 2.45) is 0 Å². The molecule has 0 radical (unpaired) electrons. The molecular weight excluding hydrogens is 392 g/mol. The van der Waals surface area contributed by atoms with Gasteiger partial charge in [0.1, 0.15) is 24.4 Å². The molecule has 1 amide bonds. The van der Waals surface area contributed by atoms with Gasteiger partial charge in [0, 0.05) is 13.5 Å². The van der Waals surface area contributed by atoms with Gasteiger partial charge in [-0.2, -0.15) is 0 Å². The number of carbonyl (C=O) groups is 1. The van der Waals surface area contributed by atoms with Gasteiger partial charge in [-0.15, -0.1) is 0 Å². The summed E-state index contributed by atoms with van der Waals surface area (Å²) in [7, 11) is -4.05. The minimum absolute atomic E-state index is 0.0268. The third-order valence-corrected chi connectivity index (χ3v) is 5.74. The molecule has 10 nitrogen and oxygen atoms in total. The lowest BCUT2D eigenvalue weighted by molar-refractivity contribution is -0.267. The summed E-state index contributed by atoms with van der Waals surface area (Å²) in [4.78, 5) is 10.9. The number of benzene rings is 1. The van der Waals surface area contributed by atoms with Gasteiger partial charge in [-0.05, 0) is 19.1 Å². The van der Waals surface area contributed by atoms with Crippen LogP contribution in [0.15, 0.2) is 29.2 Å². The first-order chi connectivity index (χ1) is 13.2. The molecule has 1 aromatic rings. The van der Waals surface area contributed by atoms with E-state index in [0.29, 0.717) is 0 Å². The Kier molecular flexibility index (Phi) is 7.89. The van der Waals surface area contributed by atoms with E-state index in [-0.39, 0.29) is 24.0 Å². The van der Waals surface area contributed by atoms with Crippen LogP contribution in [0.5, 0.6) is 0 Å². The number of ether oxygens (including phenoxy) is 2. The van der Waals surface area contributed by atoms with E-state index in [4.69, 9.17) is 9.47 Å². The van der Waals surface area contributed by atoms with Gasteiger partial charge in [0.2, 0.25) is 15.9 Å². The smallest absolute Gasteiger partial charge is 0.241 e. The Morgan fingerprint density at radius 1 is 1.21 bits per heavy atom. The van der Waals surface area contributed by atoms with Crippen molar-refractivity contribution in [2.75, 3.05) is 19.8 Å². The number of aliphatic hydroxyl groups excluding tert-OH is 3. The van der Waals surface area contributed by atoms with E-state index < -0.39 is 47.3 Å². The molecule has 158 valence electrons. The maximum absolute atomic E-state index is 12.7. The quantitative estimate of drug-likeness (QED) is 0.311. The number of sulfonamides is 1. The number of carbonyl (C=O) groups excluding carboxylic acids is 1. The van der Waals surface area contributed by atoms with Crippen molar-refractivity contribution in [3.05, 3.63) is 29.8 Å². The van der Waals surface area contributed by atoms with E-state index in [1.165, 1.54) is 19.1 Å². The van der Waals surface area contributed by atoms with E-state index in [1.807, 2.05) is 6.92 Å². The van der Waals surface area contributed by atoms with Crippen molar-refractivity contribution in [3.8, 4) is 0 Å². The van der Waals surface area contributed by atoms with Crippen LogP contribution in [0.25, 0.3) is 0 Å². The Morgan fingerprint density at radius 3 is 2.43 bits per heavy atom. The molecule has 1 aromatic carbocycles. The molecule has 28 heavy (non-hydrogen) atoms. The van der Waals surface area contributed by atoms with Gasteiger partial charge in [-0.3, -0.25) is 4.79 Å². The zero-order chi connectivity index (χ0) is 20.9. The Balaban J connectivity index is 2.17. The second-order valence-corrected chi connectivity index (χ2v) is 8.23. The highest BCUT2D eigenvalue weighted by Gasteiger charge is 2.46. The maximum Gasteiger partial charge on any atom is 0.241 e. The molecule has 1 aliphatic heterocycles. The molecule has 0 bridgehead atoms. The summed E-state index contributed by atoms with van der Waals surface area (Å²) >= 11 is 0. The first kappa shape index (κ1) is 22.7. The molecule has 1 heterocycles. The molecule has 5 N–H and O–H groups in total. The van der Waals surface area contributed by atoms with E-state index in [1.54, 1.807) is 12.1 Å². The zero-order valence-electron chi connectivity index (χ0n) is 15.6. The van der Waals surface area contributed by atoms with Crippen LogP contribution in [-0.2, 0) is 24.3 Å². The lowest BCUT2D eigenvalue weighted by Crippen LogP contribution is -2.64. The molecule has 2 rings (SSSR count). The summed E-state index contributed by atoms with van der Waals surface area (Å²) < 4.78 is 38.5. The highest BCUT2D eigenvalue weighted by molar-refractivity contribution is 7.89. The number of aryl methyl sites for hydroxylation is 1. The van der Waals surface area contributed by atoms with Crippen molar-refractivity contribution >= 4 is 15.9 Å². The average molecular weight is 418 g/mol. The van der Waals surface area contributed by atoms with Gasteiger partial charge >= 0.3 is 0 Å². The van der Waals surface area contributed by atoms with Gasteiger partial charge in [0.15, 0.2) is 6.29 Å². The number of amides is 1. The van der Waals surface area contributed by atoms with Crippen LogP contribution in [-0.4, -0.2) is 80.0 Å². The summed E-state index contributed by atoms with van der Waals surface area (Å²) in [6.07, 6.45) is -5.55. The molecular formula is C17H26N2O8S. The molecule has 5 atom stereocenters. The monoisotopic (exact) mass is 418 g/mol. The predicted molar refractivity (Wildman–Crippen MR) is 97.7 cm³/mol. The lowest BCUT2D eigenvalue weighted by atomic mass is 9.98. The van der Waals surface area contributed by atoms with E-state index in [0.717, 1.165) is 5.56 Å². The fourth-order valence-corrected chi connectivity index (χ4v) is 3.96. The van der Waals surface area contributed by atoms with Crippen molar-refractivity contribution in [3.63, 3.8) is 0 Å². The van der Waals surface area contributed by atoms with Crippen LogP contribution in [0.3, 0.4) is 0 Å². The Labute approximate surface area is 163 Å². The molecule has 1 aliphatic rings. The molecule has 0 spiro atoms. The van der Waals surface area contributed by atoms with E-state index in [9.17, 15) is 28.5 Å². The summed E-state index contributed by atoms with van der Waals surface area (Å²) in [5.74, 6) is -0.270. The summed E-state index contributed by atoms with van der Waals surface area (Å²) in [6, 6.07) is 4.74. The van der Waals surface area contributed by atoms with E-state index >= 15 is 0 Å². The number of nitrogens with one attached hydrogen (secondary N) is 2. The van der Waals surface area contributed by atoms with Gasteiger partial charge in [-0.1, -0.05) is 17.7 Å². The Morgan fingerprint density at radius 2 is 1.86 bits per heavy atom. The van der Waals surface area contributed by atoms with Crippen molar-refractivity contribution < 1.29 is 38.0 Å². The van der Waals surface area contributed by atoms with Crippen LogP contribution in [0.4, 0.5) is 0 Å². The van der Waals surface area contributed by atoms with Crippen molar-refractivity contribution in [1.29, 1.82) is 0 Å². The molecule has 0 saturated carbocycles. The van der Waals surface area contributed by atoms with Crippen LogP contribution in [0.2, 0.25) is 0 Å². The van der Waals surface area contributed by atoms with Gasteiger partial charge in [-0.25, -0.2) is 13.1 Å². The van der Waals surface area contributed by atoms with Crippen molar-refractivity contribution in [1.82, 2.24) is 10.0 Å². The Hall–Kier alpha value is -1.60. The average Bonchev–Trinajstić information content (AvgIpc) is 2.64. The maximum atomic E-state index is 12.7. The number of aliphatic hydroxyl groups is 3. The van der Waals surface area contributed by atoms with E-state index in [2.05, 4.69) is 10.0 Å². The summed E-state index contributed by atoms with van der Waals surface area (Å²) in [5, 5.41) is 32.3. The predicted octanol–water partition coefficient (Wildman–Crippen LogP) is -1.77. The van der Waals surface area contributed by atoms with Crippen LogP contribution >= 0.6 is 0 Å². The fraction of sp³-hybridized carbons (Fsp3) is 0.588. The van der Waals surface area contributed by atoms with Crippen LogP contribution in [0, 0.1) is 6.92 Å². The standard InChI is InChI=1S/C17H26N2O8S/c1-10-3-5-12(6-4-10)28(24,25)19-14-16(23)15(22)13(9-20)27-17(14)26-8-7-18-11(2)21/h3-6,13-17,19-20,22-23H,7-9H2,1-2H3,(H,18,21)/t13-,14-,15-,16-,17-/m1/s1. The van der Waals surface area contributed by atoms with Gasteiger partial charge in [0.05, 0.1) is 18.1 Å². The second-order valence-electron chi connectivity index (χ2n) is 6.52. The summed E-state index contributed by atoms with van der Waals surface area (Å²) in [5.41, 5.74) is 0.875. The highest BCUT2D eigenvalue weighted by Crippen LogP contribution is 2.24. The number of hydrogen-bond acceptors (Lipinski definition) is 8. The molecule has 0 unspecified atom stereocenters. The Bertz CT molecular complexity index is 755.